The van der Waals surface area contributed by atoms with E-state index in [1.165, 1.54) is 4.90 Å². The molecule has 0 spiro atoms. The van der Waals surface area contributed by atoms with E-state index in [-0.39, 0.29) is 12.4 Å². The third-order valence-electron chi connectivity index (χ3n) is 3.81. The largest absolute Gasteiger partial charge is 0.445 e. The van der Waals surface area contributed by atoms with Gasteiger partial charge in [-0.15, -0.1) is 0 Å². The van der Waals surface area contributed by atoms with E-state index >= 15 is 0 Å². The van der Waals surface area contributed by atoms with E-state index < -0.39 is 12.1 Å². The molecular weight excluding hydrogens is 304 g/mol. The molecule has 0 saturated heterocycles. The molecular formula is C19H22N2O3. The van der Waals surface area contributed by atoms with Gasteiger partial charge in [-0.05, 0) is 30.5 Å². The van der Waals surface area contributed by atoms with Crippen LogP contribution in [0.5, 0.6) is 0 Å². The maximum absolute atomic E-state index is 12.6. The van der Waals surface area contributed by atoms with Crippen LogP contribution in [-0.2, 0) is 11.3 Å². The highest BCUT2D eigenvalue weighted by atomic mass is 16.6. The number of rotatable bonds is 6. The average molecular weight is 326 g/mol. The fourth-order valence-corrected chi connectivity index (χ4v) is 2.37. The zero-order valence-electron chi connectivity index (χ0n) is 14.2. The van der Waals surface area contributed by atoms with Crippen molar-refractivity contribution in [2.45, 2.75) is 32.9 Å². The summed E-state index contributed by atoms with van der Waals surface area (Å²) in [5, 5.41) is 0. The predicted molar refractivity (Wildman–Crippen MR) is 91.8 cm³/mol. The highest BCUT2D eigenvalue weighted by Gasteiger charge is 2.28. The van der Waals surface area contributed by atoms with Gasteiger partial charge < -0.3 is 9.64 Å². The second-order valence-electron chi connectivity index (χ2n) is 5.66. The molecule has 2 rings (SSSR count). The number of likely N-dealkylation sites (N-methyl/N-ethyl adjacent to an activating group) is 1. The fourth-order valence-electron chi connectivity index (χ4n) is 2.37. The molecule has 1 atom stereocenters. The number of ketones is 1. The van der Waals surface area contributed by atoms with Crippen LogP contribution in [0.25, 0.3) is 0 Å². The Balaban J connectivity index is 2.01. The van der Waals surface area contributed by atoms with Gasteiger partial charge >= 0.3 is 6.09 Å². The van der Waals surface area contributed by atoms with Gasteiger partial charge in [0.25, 0.3) is 0 Å². The molecule has 0 aliphatic heterocycles. The second-order valence-corrected chi connectivity index (χ2v) is 5.66. The van der Waals surface area contributed by atoms with Crippen molar-refractivity contribution in [3.63, 3.8) is 0 Å². The summed E-state index contributed by atoms with van der Waals surface area (Å²) in [5.74, 6) is -0.184. The molecule has 0 saturated carbocycles. The number of hydrogen-bond donors (Lipinski definition) is 0. The summed E-state index contributed by atoms with van der Waals surface area (Å²) in [4.78, 5) is 30.3. The van der Waals surface area contributed by atoms with Gasteiger partial charge in [0.15, 0.2) is 0 Å². The molecule has 1 aromatic heterocycles. The van der Waals surface area contributed by atoms with E-state index in [4.69, 9.17) is 4.74 Å². The summed E-state index contributed by atoms with van der Waals surface area (Å²) in [6.45, 7) is 3.95. The third kappa shape index (κ3) is 4.41. The minimum atomic E-state index is -0.594. The van der Waals surface area contributed by atoms with Crippen molar-refractivity contribution in [3.8, 4) is 0 Å². The lowest BCUT2D eigenvalue weighted by Gasteiger charge is -2.25. The van der Waals surface area contributed by atoms with E-state index in [0.29, 0.717) is 12.1 Å². The fraction of sp³-hybridized carbons (Fsp3) is 0.316. The normalized spacial score (nSPS) is 11.6. The van der Waals surface area contributed by atoms with Crippen LogP contribution in [0.3, 0.4) is 0 Å². The van der Waals surface area contributed by atoms with Crippen LogP contribution in [-0.4, -0.2) is 34.8 Å². The van der Waals surface area contributed by atoms with Crippen LogP contribution in [0, 0.1) is 6.92 Å². The van der Waals surface area contributed by atoms with Gasteiger partial charge in [0.2, 0.25) is 5.78 Å². The van der Waals surface area contributed by atoms with Crippen molar-refractivity contribution >= 4 is 11.9 Å². The maximum Gasteiger partial charge on any atom is 0.410 e. The Morgan fingerprint density at radius 1 is 1.17 bits per heavy atom. The first-order chi connectivity index (χ1) is 11.5. The molecule has 2 aromatic rings. The van der Waals surface area contributed by atoms with Gasteiger partial charge in [0.1, 0.15) is 12.3 Å². The number of benzene rings is 1. The van der Waals surface area contributed by atoms with Crippen LogP contribution in [0.15, 0.2) is 48.7 Å². The number of carbonyl (C=O) groups is 2. The number of carbonyl (C=O) groups excluding carboxylic acids is 2. The third-order valence-corrected chi connectivity index (χ3v) is 3.81. The molecule has 0 N–H and O–H groups in total. The maximum atomic E-state index is 12.6. The van der Waals surface area contributed by atoms with Crippen molar-refractivity contribution in [2.75, 3.05) is 7.05 Å². The first-order valence-corrected chi connectivity index (χ1v) is 7.93. The highest BCUT2D eigenvalue weighted by Crippen LogP contribution is 2.12. The summed E-state index contributed by atoms with van der Waals surface area (Å²) in [7, 11) is 1.58. The lowest BCUT2D eigenvalue weighted by Crippen LogP contribution is -2.42. The number of pyridine rings is 1. The molecule has 0 fully saturated rings. The zero-order chi connectivity index (χ0) is 17.5. The quantitative estimate of drug-likeness (QED) is 0.761. The van der Waals surface area contributed by atoms with E-state index in [2.05, 4.69) is 4.98 Å². The molecule has 24 heavy (non-hydrogen) atoms. The van der Waals surface area contributed by atoms with Gasteiger partial charge in [0, 0.05) is 13.2 Å². The molecule has 0 radical (unpaired) electrons. The first-order valence-electron chi connectivity index (χ1n) is 7.93. The lowest BCUT2D eigenvalue weighted by molar-refractivity contribution is 0.0708. The summed E-state index contributed by atoms with van der Waals surface area (Å²) in [5.41, 5.74) is 2.24. The van der Waals surface area contributed by atoms with E-state index in [9.17, 15) is 9.59 Å². The van der Waals surface area contributed by atoms with Crippen molar-refractivity contribution in [1.29, 1.82) is 0 Å². The van der Waals surface area contributed by atoms with Crippen LogP contribution in [0.2, 0.25) is 0 Å². The van der Waals surface area contributed by atoms with Crippen molar-refractivity contribution < 1.29 is 14.3 Å². The van der Waals surface area contributed by atoms with Crippen molar-refractivity contribution in [3.05, 3.63) is 65.5 Å². The number of amides is 1. The first kappa shape index (κ1) is 17.7. The number of ether oxygens (including phenoxy) is 1. The zero-order valence-corrected chi connectivity index (χ0v) is 14.2. The van der Waals surface area contributed by atoms with Gasteiger partial charge in [-0.25, -0.2) is 4.79 Å². The standard InChI is InChI=1S/C19H22N2O3/c1-4-17(18(22)16-11-10-14(2)12-20-16)21(3)19(23)24-13-15-8-6-5-7-9-15/h5-12,17H,4,13H2,1-3H3. The summed E-state index contributed by atoms with van der Waals surface area (Å²) in [6.07, 6.45) is 1.62. The highest BCUT2D eigenvalue weighted by molar-refractivity contribution is 5.99. The van der Waals surface area contributed by atoms with Gasteiger partial charge in [-0.2, -0.15) is 0 Å². The van der Waals surface area contributed by atoms with Gasteiger partial charge in [-0.3, -0.25) is 9.78 Å². The van der Waals surface area contributed by atoms with Crippen LogP contribution in [0.1, 0.15) is 35.0 Å². The van der Waals surface area contributed by atoms with Crippen molar-refractivity contribution in [2.24, 2.45) is 0 Å². The monoisotopic (exact) mass is 326 g/mol. The van der Waals surface area contributed by atoms with Crippen LogP contribution >= 0.6 is 0 Å². The summed E-state index contributed by atoms with van der Waals surface area (Å²) >= 11 is 0. The number of nitrogens with zero attached hydrogens (tertiary/aromatic N) is 2. The number of aryl methyl sites for hydroxylation is 1. The molecule has 1 amide bonds. The second kappa shape index (κ2) is 8.24. The van der Waals surface area contributed by atoms with Gasteiger partial charge in [0.05, 0.1) is 6.04 Å². The Bertz CT molecular complexity index is 684. The predicted octanol–water partition coefficient (Wildman–Crippen LogP) is 3.62. The molecule has 1 aromatic carbocycles. The topological polar surface area (TPSA) is 59.5 Å². The SMILES string of the molecule is CCC(C(=O)c1ccc(C)cn1)N(C)C(=O)OCc1ccccc1. The van der Waals surface area contributed by atoms with Crippen LogP contribution in [0.4, 0.5) is 4.79 Å². The summed E-state index contributed by atoms with van der Waals surface area (Å²) in [6, 6.07) is 12.4. The molecule has 1 unspecified atom stereocenters. The molecule has 0 bridgehead atoms. The van der Waals surface area contributed by atoms with Crippen LogP contribution < -0.4 is 0 Å². The number of Topliss-reactive ketones (excluding diaryl/α,β-unsaturated/α-hetero) is 1. The van der Waals surface area contributed by atoms with E-state index in [0.717, 1.165) is 11.1 Å². The molecule has 0 aliphatic carbocycles. The Kier molecular flexibility index (Phi) is 6.07. The molecule has 1 heterocycles. The Labute approximate surface area is 142 Å². The average Bonchev–Trinajstić information content (AvgIpc) is 2.61. The van der Waals surface area contributed by atoms with Crippen molar-refractivity contribution in [1.82, 2.24) is 9.88 Å². The Hall–Kier alpha value is -2.69. The molecule has 126 valence electrons. The molecule has 0 aliphatic rings. The Morgan fingerprint density at radius 3 is 2.46 bits per heavy atom. The van der Waals surface area contributed by atoms with Gasteiger partial charge in [-0.1, -0.05) is 43.3 Å². The van der Waals surface area contributed by atoms with E-state index in [1.807, 2.05) is 50.2 Å². The smallest absolute Gasteiger partial charge is 0.410 e. The minimum absolute atomic E-state index is 0.178. The summed E-state index contributed by atoms with van der Waals surface area (Å²) < 4.78 is 5.29. The molecule has 5 heteroatoms. The number of hydrogen-bond acceptors (Lipinski definition) is 4. The number of aromatic nitrogens is 1. The van der Waals surface area contributed by atoms with E-state index in [1.54, 1.807) is 19.3 Å². The lowest BCUT2D eigenvalue weighted by atomic mass is 10.1. The Morgan fingerprint density at radius 2 is 1.88 bits per heavy atom. The minimum Gasteiger partial charge on any atom is -0.445 e. The molecule has 5 nitrogen and oxygen atoms in total.